The molecule has 5 rings (SSSR count). The number of aliphatic hydroxyl groups is 1. The maximum absolute atomic E-state index is 13.5. The topological polar surface area (TPSA) is 123 Å². The summed E-state index contributed by atoms with van der Waals surface area (Å²) in [5.41, 5.74) is 7.72. The van der Waals surface area contributed by atoms with Crippen LogP contribution in [0.15, 0.2) is 71.8 Å². The lowest BCUT2D eigenvalue weighted by Crippen LogP contribution is -2.42. The van der Waals surface area contributed by atoms with E-state index in [1.807, 2.05) is 61.5 Å². The first-order valence-electron chi connectivity index (χ1n) is 13.4. The number of amides is 1. The molecule has 41 heavy (non-hydrogen) atoms. The molecule has 0 saturated carbocycles. The number of aromatic amines is 1. The standard InChI is InChI=1S/C31H32ClN5O4/c1-20-2-7-25(8-3-20)41-31(39)37-16-12-26-27-18-22(32)6-11-28(27)36-29(26)30(37)21-4-9-24(10-5-21)40-17-13-23(38)19-35-34-15-14-33/h2-11,14-15,18,23,30,33,35-36,38H,12-13,16-17,19H2,1H3/b33-14?,34-15-/t23?,30-/m0/s1. The number of H-pyrrole nitrogens is 1. The molecule has 1 aromatic heterocycles. The molecule has 212 valence electrons. The lowest BCUT2D eigenvalue weighted by molar-refractivity contribution is 0.135. The summed E-state index contributed by atoms with van der Waals surface area (Å²) in [6, 6.07) is 20.4. The minimum absolute atomic E-state index is 0.265. The van der Waals surface area contributed by atoms with Crippen LogP contribution in [0.4, 0.5) is 4.79 Å². The van der Waals surface area contributed by atoms with Gasteiger partial charge in [0.1, 0.15) is 17.5 Å². The van der Waals surface area contributed by atoms with E-state index in [1.54, 1.807) is 17.0 Å². The van der Waals surface area contributed by atoms with Gasteiger partial charge < -0.3 is 30.4 Å². The number of nitrogens with zero attached hydrogens (tertiary/aromatic N) is 2. The van der Waals surface area contributed by atoms with Crippen LogP contribution in [0.25, 0.3) is 10.9 Å². The highest BCUT2D eigenvalue weighted by Gasteiger charge is 2.35. The number of fused-ring (bicyclic) bond motifs is 3. The maximum atomic E-state index is 13.5. The molecule has 0 fully saturated rings. The Kier molecular flexibility index (Phi) is 8.86. The van der Waals surface area contributed by atoms with E-state index in [0.29, 0.717) is 42.5 Å². The van der Waals surface area contributed by atoms with Gasteiger partial charge in [-0.1, -0.05) is 41.4 Å². The fraction of sp³-hybridized carbons (Fsp3) is 0.258. The van der Waals surface area contributed by atoms with Crippen molar-refractivity contribution in [2.75, 3.05) is 19.7 Å². The van der Waals surface area contributed by atoms with Gasteiger partial charge in [0.2, 0.25) is 0 Å². The van der Waals surface area contributed by atoms with Gasteiger partial charge in [-0.05, 0) is 66.9 Å². The Balaban J connectivity index is 1.35. The average molecular weight is 574 g/mol. The second-order valence-corrected chi connectivity index (χ2v) is 10.3. The third-order valence-corrected chi connectivity index (χ3v) is 7.27. The molecule has 0 spiro atoms. The maximum Gasteiger partial charge on any atom is 0.416 e. The van der Waals surface area contributed by atoms with E-state index >= 15 is 0 Å². The monoisotopic (exact) mass is 573 g/mol. The Morgan fingerprint density at radius 3 is 2.71 bits per heavy atom. The highest BCUT2D eigenvalue weighted by molar-refractivity contribution is 6.31. The molecule has 0 saturated heterocycles. The zero-order valence-electron chi connectivity index (χ0n) is 22.6. The number of carbonyl (C=O) groups is 1. The number of benzene rings is 3. The summed E-state index contributed by atoms with van der Waals surface area (Å²) in [5, 5.41) is 22.5. The molecule has 1 aliphatic rings. The minimum Gasteiger partial charge on any atom is -0.493 e. The second kappa shape index (κ2) is 12.9. The van der Waals surface area contributed by atoms with Gasteiger partial charge >= 0.3 is 6.09 Å². The van der Waals surface area contributed by atoms with Crippen LogP contribution >= 0.6 is 11.6 Å². The van der Waals surface area contributed by atoms with Crippen LogP contribution < -0.4 is 14.9 Å². The first-order chi connectivity index (χ1) is 19.9. The number of aromatic nitrogens is 1. The van der Waals surface area contributed by atoms with Crippen molar-refractivity contribution in [1.82, 2.24) is 15.3 Å². The SMILES string of the molecule is Cc1ccc(OC(=O)N2CCc3c([nH]c4ccc(Cl)cc34)[C@@H]2c2ccc(OCCC(O)CN/N=C\C=N)cc2)cc1. The zero-order chi connectivity index (χ0) is 28.8. The number of hydrogen-bond donors (Lipinski definition) is 4. The Labute approximate surface area is 243 Å². The van der Waals surface area contributed by atoms with Crippen molar-refractivity contribution in [3.63, 3.8) is 0 Å². The molecule has 4 N–H and O–H groups in total. The fourth-order valence-corrected chi connectivity index (χ4v) is 5.15. The summed E-state index contributed by atoms with van der Waals surface area (Å²) in [6.45, 7) is 3.05. The summed E-state index contributed by atoms with van der Waals surface area (Å²) < 4.78 is 11.6. The number of hydrazone groups is 1. The van der Waals surface area contributed by atoms with Crippen LogP contribution in [-0.4, -0.2) is 59.3 Å². The number of aliphatic hydroxyl groups excluding tert-OH is 1. The molecule has 10 heteroatoms. The third-order valence-electron chi connectivity index (χ3n) is 7.03. The Hall–Kier alpha value is -4.34. The lowest BCUT2D eigenvalue weighted by Gasteiger charge is -2.35. The molecule has 2 atom stereocenters. The molecule has 3 aromatic carbocycles. The van der Waals surface area contributed by atoms with Gasteiger partial charge in [-0.25, -0.2) is 4.79 Å². The van der Waals surface area contributed by atoms with Gasteiger partial charge in [-0.15, -0.1) is 0 Å². The molecule has 1 aliphatic heterocycles. The lowest BCUT2D eigenvalue weighted by atomic mass is 9.92. The first-order valence-corrected chi connectivity index (χ1v) is 13.8. The molecule has 1 unspecified atom stereocenters. The van der Waals surface area contributed by atoms with Crippen LogP contribution in [0.1, 0.15) is 34.8 Å². The molecule has 9 nitrogen and oxygen atoms in total. The molecule has 2 heterocycles. The Morgan fingerprint density at radius 2 is 1.95 bits per heavy atom. The predicted molar refractivity (Wildman–Crippen MR) is 161 cm³/mol. The zero-order valence-corrected chi connectivity index (χ0v) is 23.4. The largest absolute Gasteiger partial charge is 0.493 e. The number of ether oxygens (including phenoxy) is 2. The van der Waals surface area contributed by atoms with E-state index in [4.69, 9.17) is 26.5 Å². The van der Waals surface area contributed by atoms with Gasteiger partial charge in [-0.2, -0.15) is 5.10 Å². The van der Waals surface area contributed by atoms with E-state index in [9.17, 15) is 9.90 Å². The average Bonchev–Trinajstić information content (AvgIpc) is 3.34. The molecule has 4 aromatic rings. The van der Waals surface area contributed by atoms with Gasteiger partial charge in [0, 0.05) is 40.8 Å². The summed E-state index contributed by atoms with van der Waals surface area (Å²) in [5.74, 6) is 1.15. The highest BCUT2D eigenvalue weighted by Crippen LogP contribution is 2.40. The molecular weight excluding hydrogens is 542 g/mol. The predicted octanol–water partition coefficient (Wildman–Crippen LogP) is 5.63. The van der Waals surface area contributed by atoms with Gasteiger partial charge in [-0.3, -0.25) is 4.90 Å². The van der Waals surface area contributed by atoms with Gasteiger partial charge in [0.05, 0.1) is 25.5 Å². The van der Waals surface area contributed by atoms with Crippen molar-refractivity contribution in [3.05, 3.63) is 94.1 Å². The Bertz CT molecular complexity index is 1530. The van der Waals surface area contributed by atoms with E-state index in [1.165, 1.54) is 6.21 Å². The fourth-order valence-electron chi connectivity index (χ4n) is 4.98. The van der Waals surface area contributed by atoms with E-state index in [2.05, 4.69) is 15.5 Å². The smallest absolute Gasteiger partial charge is 0.416 e. The number of halogens is 1. The summed E-state index contributed by atoms with van der Waals surface area (Å²) in [6.07, 6.45) is 2.38. The van der Waals surface area contributed by atoms with E-state index in [0.717, 1.165) is 39.5 Å². The number of aryl methyl sites for hydroxylation is 1. The summed E-state index contributed by atoms with van der Waals surface area (Å²) in [4.78, 5) is 18.8. The van der Waals surface area contributed by atoms with E-state index < -0.39 is 18.2 Å². The van der Waals surface area contributed by atoms with Crippen molar-refractivity contribution in [1.29, 1.82) is 5.41 Å². The van der Waals surface area contributed by atoms with E-state index in [-0.39, 0.29) is 6.54 Å². The quantitative estimate of drug-likeness (QED) is 0.145. The van der Waals surface area contributed by atoms with Crippen LogP contribution in [0.5, 0.6) is 11.5 Å². The summed E-state index contributed by atoms with van der Waals surface area (Å²) >= 11 is 6.32. The van der Waals surface area contributed by atoms with Crippen LogP contribution in [0.2, 0.25) is 5.02 Å². The Morgan fingerprint density at radius 1 is 1.20 bits per heavy atom. The van der Waals surface area contributed by atoms with Gasteiger partial charge in [0.15, 0.2) is 0 Å². The molecule has 1 amide bonds. The van der Waals surface area contributed by atoms with Crippen LogP contribution in [0.3, 0.4) is 0 Å². The highest BCUT2D eigenvalue weighted by atomic mass is 35.5. The molecule has 0 bridgehead atoms. The minimum atomic E-state index is -0.638. The van der Waals surface area contributed by atoms with Crippen molar-refractivity contribution in [2.45, 2.75) is 31.9 Å². The van der Waals surface area contributed by atoms with Crippen molar-refractivity contribution < 1.29 is 19.4 Å². The molecule has 0 aliphatic carbocycles. The number of carbonyl (C=O) groups excluding carboxylic acids is 1. The van der Waals surface area contributed by atoms with Crippen molar-refractivity contribution >= 4 is 41.0 Å². The van der Waals surface area contributed by atoms with Crippen LogP contribution in [0, 0.1) is 12.3 Å². The molecule has 0 radical (unpaired) electrons. The van der Waals surface area contributed by atoms with Crippen molar-refractivity contribution in [3.8, 4) is 11.5 Å². The van der Waals surface area contributed by atoms with Crippen LogP contribution in [-0.2, 0) is 6.42 Å². The first kappa shape index (κ1) is 28.2. The molecular formula is C31H32ClN5O4. The number of nitrogens with one attached hydrogen (secondary N) is 3. The number of rotatable bonds is 10. The third kappa shape index (κ3) is 6.70. The second-order valence-electron chi connectivity index (χ2n) is 9.90. The van der Waals surface area contributed by atoms with Crippen molar-refractivity contribution in [2.24, 2.45) is 5.10 Å². The number of hydrogen-bond acceptors (Lipinski definition) is 7. The van der Waals surface area contributed by atoms with Gasteiger partial charge in [0.25, 0.3) is 0 Å². The summed E-state index contributed by atoms with van der Waals surface area (Å²) in [7, 11) is 0. The normalized spacial score (nSPS) is 15.5.